The first-order chi connectivity index (χ1) is 10.1. The third kappa shape index (κ3) is 3.78. The highest BCUT2D eigenvalue weighted by Gasteiger charge is 2.45. The van der Waals surface area contributed by atoms with E-state index >= 15 is 0 Å². The summed E-state index contributed by atoms with van der Waals surface area (Å²) in [4.78, 5) is 15.2. The van der Waals surface area contributed by atoms with Gasteiger partial charge in [-0.2, -0.15) is 0 Å². The highest BCUT2D eigenvalue weighted by molar-refractivity contribution is 5.81. The van der Waals surface area contributed by atoms with Gasteiger partial charge in [-0.05, 0) is 71.9 Å². The maximum absolute atomic E-state index is 12.6. The van der Waals surface area contributed by atoms with Gasteiger partial charge < -0.3 is 10.1 Å². The van der Waals surface area contributed by atoms with Gasteiger partial charge in [0.1, 0.15) is 5.54 Å². The second-order valence-electron chi connectivity index (χ2n) is 6.71. The lowest BCUT2D eigenvalue weighted by Crippen LogP contribution is -2.59. The molecule has 1 N–H and O–H groups in total. The van der Waals surface area contributed by atoms with E-state index in [1.54, 1.807) is 0 Å². The summed E-state index contributed by atoms with van der Waals surface area (Å²) in [6.07, 6.45) is 7.81. The van der Waals surface area contributed by atoms with Gasteiger partial charge in [0.25, 0.3) is 0 Å². The summed E-state index contributed by atoms with van der Waals surface area (Å²) >= 11 is 0. The van der Waals surface area contributed by atoms with Crippen molar-refractivity contribution in [1.82, 2.24) is 10.2 Å². The Morgan fingerprint density at radius 2 is 2.14 bits per heavy atom. The van der Waals surface area contributed by atoms with E-state index in [2.05, 4.69) is 24.1 Å². The topological polar surface area (TPSA) is 41.6 Å². The van der Waals surface area contributed by atoms with Gasteiger partial charge in [-0.1, -0.05) is 6.92 Å². The largest absolute Gasteiger partial charge is 0.465 e. The summed E-state index contributed by atoms with van der Waals surface area (Å²) in [6, 6.07) is 1.20. The lowest BCUT2D eigenvalue weighted by Gasteiger charge is -2.43. The summed E-state index contributed by atoms with van der Waals surface area (Å²) in [5.74, 6) is -0.0324. The van der Waals surface area contributed by atoms with Gasteiger partial charge in [-0.3, -0.25) is 9.69 Å². The van der Waals surface area contributed by atoms with Gasteiger partial charge in [-0.15, -0.1) is 0 Å². The Balaban J connectivity index is 2.09. The van der Waals surface area contributed by atoms with E-state index in [4.69, 9.17) is 4.74 Å². The number of ether oxygens (including phenoxy) is 1. The number of hydrogen-bond donors (Lipinski definition) is 1. The van der Waals surface area contributed by atoms with Crippen molar-refractivity contribution in [3.05, 3.63) is 0 Å². The number of carbonyl (C=O) groups is 1. The van der Waals surface area contributed by atoms with Crippen molar-refractivity contribution in [2.45, 2.75) is 83.3 Å². The molecule has 0 aromatic rings. The van der Waals surface area contributed by atoms with Crippen molar-refractivity contribution in [2.24, 2.45) is 0 Å². The van der Waals surface area contributed by atoms with Crippen LogP contribution in [0.15, 0.2) is 0 Å². The standard InChI is InChI=1S/C17H32N2O2/c1-4-11-18-17(16(20)21-5-2)10-6-9-15(13-17)19-12-7-8-14(19)3/h14-15,18H,4-13H2,1-3H3. The summed E-state index contributed by atoms with van der Waals surface area (Å²) in [6.45, 7) is 8.93. The van der Waals surface area contributed by atoms with Crippen LogP contribution in [0.5, 0.6) is 0 Å². The van der Waals surface area contributed by atoms with E-state index in [0.29, 0.717) is 18.7 Å². The van der Waals surface area contributed by atoms with E-state index in [0.717, 1.165) is 32.2 Å². The highest BCUT2D eigenvalue weighted by atomic mass is 16.5. The van der Waals surface area contributed by atoms with Crippen LogP contribution in [0, 0.1) is 0 Å². The van der Waals surface area contributed by atoms with Gasteiger partial charge in [0.15, 0.2) is 0 Å². The van der Waals surface area contributed by atoms with Crippen LogP contribution in [-0.4, -0.2) is 48.2 Å². The number of rotatable bonds is 6. The van der Waals surface area contributed by atoms with E-state index in [9.17, 15) is 4.79 Å². The van der Waals surface area contributed by atoms with Crippen LogP contribution < -0.4 is 5.32 Å². The normalized spacial score (nSPS) is 34.0. The molecule has 3 atom stereocenters. The second-order valence-corrected chi connectivity index (χ2v) is 6.71. The Bertz CT molecular complexity index is 348. The lowest BCUT2D eigenvalue weighted by molar-refractivity contribution is -0.154. The van der Waals surface area contributed by atoms with Crippen LogP contribution >= 0.6 is 0 Å². The Hall–Kier alpha value is -0.610. The van der Waals surface area contributed by atoms with Crippen LogP contribution in [0.1, 0.15) is 65.7 Å². The third-order valence-corrected chi connectivity index (χ3v) is 5.18. The fourth-order valence-electron chi connectivity index (χ4n) is 4.08. The minimum Gasteiger partial charge on any atom is -0.465 e. The number of esters is 1. The number of nitrogens with zero attached hydrogens (tertiary/aromatic N) is 1. The summed E-state index contributed by atoms with van der Waals surface area (Å²) < 4.78 is 5.40. The number of hydrogen-bond acceptors (Lipinski definition) is 4. The lowest BCUT2D eigenvalue weighted by atomic mass is 9.78. The Labute approximate surface area is 129 Å². The zero-order chi connectivity index (χ0) is 15.3. The maximum Gasteiger partial charge on any atom is 0.326 e. The van der Waals surface area contributed by atoms with Crippen LogP contribution in [0.3, 0.4) is 0 Å². The molecular formula is C17H32N2O2. The van der Waals surface area contributed by atoms with Gasteiger partial charge >= 0.3 is 5.97 Å². The quantitative estimate of drug-likeness (QED) is 0.765. The fraction of sp³-hybridized carbons (Fsp3) is 0.941. The molecule has 1 aliphatic carbocycles. The van der Waals surface area contributed by atoms with Crippen LogP contribution in [0.2, 0.25) is 0 Å². The monoisotopic (exact) mass is 296 g/mol. The van der Waals surface area contributed by atoms with Crippen molar-refractivity contribution in [2.75, 3.05) is 19.7 Å². The van der Waals surface area contributed by atoms with E-state index in [1.165, 1.54) is 25.8 Å². The molecule has 1 heterocycles. The zero-order valence-electron chi connectivity index (χ0n) is 14.0. The molecule has 3 unspecified atom stereocenters. The Morgan fingerprint density at radius 3 is 2.76 bits per heavy atom. The van der Waals surface area contributed by atoms with Gasteiger partial charge in [0, 0.05) is 12.1 Å². The minimum absolute atomic E-state index is 0.0324. The minimum atomic E-state index is -0.447. The van der Waals surface area contributed by atoms with E-state index in [1.807, 2.05) is 6.92 Å². The van der Waals surface area contributed by atoms with Crippen molar-refractivity contribution in [1.29, 1.82) is 0 Å². The second kappa shape index (κ2) is 7.59. The average molecular weight is 296 g/mol. The molecule has 0 spiro atoms. The fourth-order valence-corrected chi connectivity index (χ4v) is 4.08. The predicted octanol–water partition coefficient (Wildman–Crippen LogP) is 2.71. The Kier molecular flexibility index (Phi) is 6.06. The first kappa shape index (κ1) is 16.8. The van der Waals surface area contributed by atoms with Gasteiger partial charge in [0.05, 0.1) is 6.61 Å². The number of carbonyl (C=O) groups excluding carboxylic acids is 1. The number of nitrogens with one attached hydrogen (secondary N) is 1. The van der Waals surface area contributed by atoms with E-state index in [-0.39, 0.29) is 5.97 Å². The highest BCUT2D eigenvalue weighted by Crippen LogP contribution is 2.35. The van der Waals surface area contributed by atoms with Crippen molar-refractivity contribution in [3.8, 4) is 0 Å². The first-order valence-corrected chi connectivity index (χ1v) is 8.81. The van der Waals surface area contributed by atoms with Crippen LogP contribution in [-0.2, 0) is 9.53 Å². The summed E-state index contributed by atoms with van der Waals surface area (Å²) in [5.41, 5.74) is -0.447. The molecule has 1 saturated heterocycles. The molecule has 0 radical (unpaired) electrons. The smallest absolute Gasteiger partial charge is 0.326 e. The molecule has 0 aromatic heterocycles. The Morgan fingerprint density at radius 1 is 1.33 bits per heavy atom. The molecule has 2 aliphatic rings. The zero-order valence-corrected chi connectivity index (χ0v) is 14.0. The first-order valence-electron chi connectivity index (χ1n) is 8.81. The number of likely N-dealkylation sites (tertiary alicyclic amines) is 1. The third-order valence-electron chi connectivity index (χ3n) is 5.18. The molecule has 4 nitrogen and oxygen atoms in total. The SMILES string of the molecule is CCCNC1(C(=O)OCC)CCCC(N2CCCC2C)C1. The molecule has 2 fully saturated rings. The van der Waals surface area contributed by atoms with Crippen molar-refractivity contribution in [3.63, 3.8) is 0 Å². The van der Waals surface area contributed by atoms with Gasteiger partial charge in [0.2, 0.25) is 0 Å². The molecule has 122 valence electrons. The molecule has 0 bridgehead atoms. The molecule has 21 heavy (non-hydrogen) atoms. The van der Waals surface area contributed by atoms with Crippen LogP contribution in [0.25, 0.3) is 0 Å². The molecule has 1 saturated carbocycles. The molecule has 2 rings (SSSR count). The molecule has 0 aromatic carbocycles. The van der Waals surface area contributed by atoms with Crippen molar-refractivity contribution >= 4 is 5.97 Å². The molecule has 4 heteroatoms. The molecule has 0 amide bonds. The van der Waals surface area contributed by atoms with Crippen LogP contribution in [0.4, 0.5) is 0 Å². The molecular weight excluding hydrogens is 264 g/mol. The molecule has 1 aliphatic heterocycles. The van der Waals surface area contributed by atoms with Crippen molar-refractivity contribution < 1.29 is 9.53 Å². The van der Waals surface area contributed by atoms with Gasteiger partial charge in [-0.25, -0.2) is 0 Å². The summed E-state index contributed by atoms with van der Waals surface area (Å²) in [7, 11) is 0. The average Bonchev–Trinajstić information content (AvgIpc) is 2.92. The van der Waals surface area contributed by atoms with E-state index < -0.39 is 5.54 Å². The summed E-state index contributed by atoms with van der Waals surface area (Å²) in [5, 5.41) is 3.54. The predicted molar refractivity (Wildman–Crippen MR) is 85.3 cm³/mol. The maximum atomic E-state index is 12.6.